The minimum absolute atomic E-state index is 0.0668. The van der Waals surface area contributed by atoms with Crippen LogP contribution in [0.1, 0.15) is 380 Å². The molecule has 0 saturated carbocycles. The highest BCUT2D eigenvalue weighted by atomic mass is 16.6. The molecule has 0 saturated heterocycles. The second-order valence-electron chi connectivity index (χ2n) is 24.5. The van der Waals surface area contributed by atoms with Gasteiger partial charge in [-0.15, -0.1) is 0 Å². The lowest BCUT2D eigenvalue weighted by molar-refractivity contribution is -0.167. The largest absolute Gasteiger partial charge is 0.462 e. The summed E-state index contributed by atoms with van der Waals surface area (Å²) in [5.74, 6) is -0.839. The monoisotopic (exact) mass is 1160 g/mol. The van der Waals surface area contributed by atoms with E-state index in [2.05, 4.69) is 93.7 Å². The van der Waals surface area contributed by atoms with E-state index in [4.69, 9.17) is 14.2 Å². The zero-order valence-corrected chi connectivity index (χ0v) is 55.5. The second kappa shape index (κ2) is 71.3. The van der Waals surface area contributed by atoms with Crippen LogP contribution in [0.3, 0.4) is 0 Å². The van der Waals surface area contributed by atoms with Crippen LogP contribution in [-0.4, -0.2) is 37.2 Å². The smallest absolute Gasteiger partial charge is 0.306 e. The predicted octanol–water partition coefficient (Wildman–Crippen LogP) is 25.2. The Morgan fingerprint density at radius 1 is 0.253 bits per heavy atom. The second-order valence-corrected chi connectivity index (χ2v) is 24.5. The van der Waals surface area contributed by atoms with Gasteiger partial charge in [-0.3, -0.25) is 14.4 Å². The Kier molecular flexibility index (Phi) is 68.6. The van der Waals surface area contributed by atoms with Crippen LogP contribution < -0.4 is 0 Å². The van der Waals surface area contributed by atoms with Gasteiger partial charge in [-0.25, -0.2) is 0 Å². The first-order valence-electron chi connectivity index (χ1n) is 36.4. The summed E-state index contributed by atoms with van der Waals surface area (Å²) < 4.78 is 17.0. The van der Waals surface area contributed by atoms with Crippen molar-refractivity contribution in [1.82, 2.24) is 0 Å². The number of ether oxygens (including phenoxy) is 3. The first kappa shape index (κ1) is 79.8. The van der Waals surface area contributed by atoms with E-state index in [1.54, 1.807) is 0 Å². The zero-order chi connectivity index (χ0) is 59.9. The van der Waals surface area contributed by atoms with Crippen LogP contribution in [0.2, 0.25) is 0 Å². The van der Waals surface area contributed by atoms with E-state index in [1.807, 2.05) is 0 Å². The first-order valence-corrected chi connectivity index (χ1v) is 36.4. The Labute approximate surface area is 516 Å². The molecule has 83 heavy (non-hydrogen) atoms. The number of carbonyl (C=O) groups is 3. The maximum absolute atomic E-state index is 12.9. The van der Waals surface area contributed by atoms with Gasteiger partial charge in [-0.1, -0.05) is 363 Å². The van der Waals surface area contributed by atoms with E-state index in [9.17, 15) is 14.4 Å². The Hall–Kier alpha value is -3.15. The summed E-state index contributed by atoms with van der Waals surface area (Å²) in [6, 6.07) is 0. The Bertz CT molecular complexity index is 1520. The fourth-order valence-corrected chi connectivity index (χ4v) is 10.8. The molecule has 0 aliphatic rings. The lowest BCUT2D eigenvalue weighted by atomic mass is 10.0. The molecule has 0 fully saturated rings. The maximum atomic E-state index is 12.9. The molecule has 0 aliphatic carbocycles. The fourth-order valence-electron chi connectivity index (χ4n) is 10.8. The van der Waals surface area contributed by atoms with Crippen molar-refractivity contribution in [1.29, 1.82) is 0 Å². The fraction of sp³-hybridized carbons (Fsp3) is 0.805. The highest BCUT2D eigenvalue weighted by Gasteiger charge is 2.19. The third-order valence-electron chi connectivity index (χ3n) is 16.2. The normalized spacial score (nSPS) is 12.5. The van der Waals surface area contributed by atoms with Crippen LogP contribution in [0.25, 0.3) is 0 Å². The lowest BCUT2D eigenvalue weighted by Gasteiger charge is -2.18. The van der Waals surface area contributed by atoms with E-state index < -0.39 is 6.10 Å². The summed E-state index contributed by atoms with van der Waals surface area (Å²) in [6.45, 7) is 6.59. The Balaban J connectivity index is 4.13. The van der Waals surface area contributed by atoms with Crippen LogP contribution in [0.5, 0.6) is 0 Å². The number of esters is 3. The topological polar surface area (TPSA) is 78.9 Å². The summed E-state index contributed by atoms with van der Waals surface area (Å²) in [4.78, 5) is 38.4. The van der Waals surface area contributed by atoms with Gasteiger partial charge < -0.3 is 14.2 Å². The molecule has 0 spiro atoms. The molecule has 0 aromatic rings. The van der Waals surface area contributed by atoms with E-state index in [1.165, 1.54) is 244 Å². The standard InChI is InChI=1S/C77H138O6/c1-4-7-10-13-16-19-22-25-27-29-30-31-32-33-34-35-36-37-38-39-40-41-42-43-44-45-46-48-49-52-55-58-61-64-67-70-76(79)82-73-74(72-81-75(78)69-66-63-60-57-54-51-24-21-18-15-12-9-6-3)83-77(80)71-68-65-62-59-56-53-50-47-28-26-23-20-17-14-11-8-5-2/h7,10,16,19,25,27,30-31,33-34,36-37,74H,4-6,8-9,11-15,17-18,20-24,26,28-29,32,35,38-73H2,1-3H3/b10-7-,19-16-,27-25-,31-30-,34-33-,37-36-. The molecule has 1 atom stereocenters. The van der Waals surface area contributed by atoms with Crippen molar-refractivity contribution in [2.24, 2.45) is 0 Å². The number of unbranched alkanes of at least 4 members (excludes halogenated alkanes) is 44. The van der Waals surface area contributed by atoms with Gasteiger partial charge in [0.25, 0.3) is 0 Å². The van der Waals surface area contributed by atoms with Gasteiger partial charge >= 0.3 is 17.9 Å². The van der Waals surface area contributed by atoms with E-state index >= 15 is 0 Å². The molecule has 0 rings (SSSR count). The quantitative estimate of drug-likeness (QED) is 0.0261. The van der Waals surface area contributed by atoms with E-state index in [0.29, 0.717) is 19.3 Å². The van der Waals surface area contributed by atoms with Gasteiger partial charge in [-0.2, -0.15) is 0 Å². The highest BCUT2D eigenvalue weighted by Crippen LogP contribution is 2.18. The summed E-state index contributed by atoms with van der Waals surface area (Å²) in [5.41, 5.74) is 0. The summed E-state index contributed by atoms with van der Waals surface area (Å²) in [5, 5.41) is 0. The van der Waals surface area contributed by atoms with E-state index in [0.717, 1.165) is 96.3 Å². The molecule has 0 N–H and O–H groups in total. The molecule has 482 valence electrons. The molecule has 0 heterocycles. The zero-order valence-electron chi connectivity index (χ0n) is 55.5. The maximum Gasteiger partial charge on any atom is 0.306 e. The summed E-state index contributed by atoms with van der Waals surface area (Å²) in [7, 11) is 0. The average molecular weight is 1160 g/mol. The van der Waals surface area contributed by atoms with Crippen LogP contribution in [0.15, 0.2) is 72.9 Å². The van der Waals surface area contributed by atoms with Gasteiger partial charge in [0.05, 0.1) is 0 Å². The van der Waals surface area contributed by atoms with Crippen molar-refractivity contribution >= 4 is 17.9 Å². The third kappa shape index (κ3) is 69.5. The Morgan fingerprint density at radius 2 is 0.470 bits per heavy atom. The number of carbonyl (C=O) groups excluding carboxylic acids is 3. The number of allylic oxidation sites excluding steroid dienone is 12. The van der Waals surface area contributed by atoms with Crippen molar-refractivity contribution in [2.45, 2.75) is 386 Å². The van der Waals surface area contributed by atoms with Crippen molar-refractivity contribution in [2.75, 3.05) is 13.2 Å². The Morgan fingerprint density at radius 3 is 0.735 bits per heavy atom. The van der Waals surface area contributed by atoms with Crippen LogP contribution in [0.4, 0.5) is 0 Å². The molecule has 6 nitrogen and oxygen atoms in total. The van der Waals surface area contributed by atoms with Gasteiger partial charge in [0.1, 0.15) is 13.2 Å². The predicted molar refractivity (Wildman–Crippen MR) is 362 cm³/mol. The van der Waals surface area contributed by atoms with Crippen molar-refractivity contribution in [3.05, 3.63) is 72.9 Å². The molecule has 0 aromatic carbocycles. The van der Waals surface area contributed by atoms with Crippen molar-refractivity contribution < 1.29 is 28.6 Å². The molecular formula is C77H138O6. The molecule has 6 heteroatoms. The van der Waals surface area contributed by atoms with Gasteiger partial charge in [0.2, 0.25) is 0 Å². The van der Waals surface area contributed by atoms with Crippen LogP contribution >= 0.6 is 0 Å². The average Bonchev–Trinajstić information content (AvgIpc) is 3.49. The van der Waals surface area contributed by atoms with E-state index in [-0.39, 0.29) is 31.1 Å². The lowest BCUT2D eigenvalue weighted by Crippen LogP contribution is -2.30. The van der Waals surface area contributed by atoms with Gasteiger partial charge in [0, 0.05) is 19.3 Å². The SMILES string of the molecule is CC/C=C\C/C=C\C/C=C\C/C=C\C/C=C\C/C=C\CCCCCCCCCCCCCCCCCCC(=O)OCC(COC(=O)CCCCCCCCCCCCCCC)OC(=O)CCCCCCCCCCCCCCCCCCC. The summed E-state index contributed by atoms with van der Waals surface area (Å²) >= 11 is 0. The molecule has 0 aromatic heterocycles. The number of rotatable bonds is 67. The molecule has 0 amide bonds. The van der Waals surface area contributed by atoms with Gasteiger partial charge in [-0.05, 0) is 70.6 Å². The first-order chi connectivity index (χ1) is 41.0. The molecule has 0 bridgehead atoms. The number of hydrogen-bond acceptors (Lipinski definition) is 6. The van der Waals surface area contributed by atoms with Gasteiger partial charge in [0.15, 0.2) is 6.10 Å². The molecule has 0 aliphatic heterocycles. The molecule has 1 unspecified atom stereocenters. The summed E-state index contributed by atoms with van der Waals surface area (Å²) in [6.07, 6.45) is 93.7. The van der Waals surface area contributed by atoms with Crippen molar-refractivity contribution in [3.8, 4) is 0 Å². The minimum Gasteiger partial charge on any atom is -0.462 e. The minimum atomic E-state index is -0.770. The third-order valence-corrected chi connectivity index (χ3v) is 16.2. The highest BCUT2D eigenvalue weighted by molar-refractivity contribution is 5.71. The number of hydrogen-bond donors (Lipinski definition) is 0. The molecular weight excluding hydrogens is 1020 g/mol. The van der Waals surface area contributed by atoms with Crippen molar-refractivity contribution in [3.63, 3.8) is 0 Å². The van der Waals surface area contributed by atoms with Crippen LogP contribution in [-0.2, 0) is 28.6 Å². The molecule has 0 radical (unpaired) electrons. The van der Waals surface area contributed by atoms with Crippen LogP contribution in [0, 0.1) is 0 Å².